The van der Waals surface area contributed by atoms with Crippen LogP contribution < -0.4 is 5.32 Å². The lowest BCUT2D eigenvalue weighted by Crippen LogP contribution is -2.28. The molecule has 5 nitrogen and oxygen atoms in total. The first-order chi connectivity index (χ1) is 9.93. The number of amides is 1. The zero-order valence-electron chi connectivity index (χ0n) is 11.4. The van der Waals surface area contributed by atoms with Crippen molar-refractivity contribution in [2.24, 2.45) is 0 Å². The Hall–Kier alpha value is -1.92. The van der Waals surface area contributed by atoms with Crippen molar-refractivity contribution in [3.05, 3.63) is 41.7 Å². The molecule has 0 aromatic heterocycles. The van der Waals surface area contributed by atoms with Crippen molar-refractivity contribution in [3.8, 4) is 0 Å². The molecule has 1 atom stereocenters. The predicted octanol–water partition coefficient (Wildman–Crippen LogP) is 2.55. The molecule has 1 unspecified atom stereocenters. The summed E-state index contributed by atoms with van der Waals surface area (Å²) >= 11 is 5.69. The van der Waals surface area contributed by atoms with E-state index in [0.29, 0.717) is 0 Å². The second-order valence-electron chi connectivity index (χ2n) is 4.04. The predicted molar refractivity (Wildman–Crippen MR) is 76.6 cm³/mol. The average Bonchev–Trinajstić information content (AvgIpc) is 2.46. The highest BCUT2D eigenvalue weighted by molar-refractivity contribution is 6.30. The van der Waals surface area contributed by atoms with Crippen LogP contribution in [0.1, 0.15) is 6.92 Å². The highest BCUT2D eigenvalue weighted by Gasteiger charge is 2.16. The monoisotopic (exact) mass is 315 g/mol. The first kappa shape index (κ1) is 17.1. The number of esters is 1. The Balaban J connectivity index is 2.45. The van der Waals surface area contributed by atoms with Crippen molar-refractivity contribution < 1.29 is 23.5 Å². The van der Waals surface area contributed by atoms with Gasteiger partial charge < -0.3 is 14.8 Å². The van der Waals surface area contributed by atoms with Gasteiger partial charge in [-0.2, -0.15) is 0 Å². The molecule has 0 fully saturated rings. The van der Waals surface area contributed by atoms with Gasteiger partial charge in [-0.15, -0.1) is 6.58 Å². The molecular weight excluding hydrogens is 301 g/mol. The summed E-state index contributed by atoms with van der Waals surface area (Å²) in [6, 6.07) is 3.73. The van der Waals surface area contributed by atoms with Gasteiger partial charge in [0.05, 0.1) is 12.3 Å². The molecule has 1 aromatic rings. The van der Waals surface area contributed by atoms with Gasteiger partial charge in [0.1, 0.15) is 5.82 Å². The third kappa shape index (κ3) is 5.93. The minimum absolute atomic E-state index is 0.0838. The zero-order chi connectivity index (χ0) is 15.8. The number of hydrogen-bond acceptors (Lipinski definition) is 4. The zero-order valence-corrected chi connectivity index (χ0v) is 12.2. The lowest BCUT2D eigenvalue weighted by molar-refractivity contribution is -0.157. The van der Waals surface area contributed by atoms with Gasteiger partial charge in [-0.1, -0.05) is 17.7 Å². The van der Waals surface area contributed by atoms with E-state index >= 15 is 0 Å². The highest BCUT2D eigenvalue weighted by Crippen LogP contribution is 2.19. The number of nitrogens with one attached hydrogen (secondary N) is 1. The molecule has 0 aliphatic rings. The fourth-order valence-corrected chi connectivity index (χ4v) is 1.49. The minimum Gasteiger partial charge on any atom is -0.454 e. The molecule has 114 valence electrons. The second-order valence-corrected chi connectivity index (χ2v) is 4.48. The van der Waals surface area contributed by atoms with Gasteiger partial charge >= 0.3 is 5.97 Å². The van der Waals surface area contributed by atoms with E-state index in [4.69, 9.17) is 21.1 Å². The average molecular weight is 316 g/mol. The minimum atomic E-state index is -0.821. The van der Waals surface area contributed by atoms with Crippen molar-refractivity contribution >= 4 is 29.2 Å². The largest absolute Gasteiger partial charge is 0.454 e. The summed E-state index contributed by atoms with van der Waals surface area (Å²) in [5, 5.41) is 2.53. The third-order valence-electron chi connectivity index (χ3n) is 2.34. The van der Waals surface area contributed by atoms with Crippen LogP contribution in [-0.2, 0) is 19.1 Å². The Morgan fingerprint density at radius 1 is 1.52 bits per heavy atom. The van der Waals surface area contributed by atoms with E-state index in [-0.39, 0.29) is 17.3 Å². The Bertz CT molecular complexity index is 536. The summed E-state index contributed by atoms with van der Waals surface area (Å²) in [4.78, 5) is 23.0. The summed E-state index contributed by atoms with van der Waals surface area (Å²) in [5.41, 5.74) is -0.0838. The topological polar surface area (TPSA) is 64.6 Å². The maximum absolute atomic E-state index is 13.4. The first-order valence-corrected chi connectivity index (χ1v) is 6.46. The molecule has 0 spiro atoms. The summed E-state index contributed by atoms with van der Waals surface area (Å²) in [6.45, 7) is 4.57. The van der Waals surface area contributed by atoms with Crippen molar-refractivity contribution in [2.45, 2.75) is 13.0 Å². The summed E-state index contributed by atoms with van der Waals surface area (Å²) in [5.74, 6) is -2.01. The number of anilines is 1. The molecule has 21 heavy (non-hydrogen) atoms. The molecule has 1 rings (SSSR count). The maximum Gasteiger partial charge on any atom is 0.335 e. The number of carbonyl (C=O) groups is 2. The smallest absolute Gasteiger partial charge is 0.335 e. The Morgan fingerprint density at radius 3 is 2.90 bits per heavy atom. The standard InChI is InChI=1S/C14H15ClFNO4/c1-3-6-20-9(2)14(19)21-8-13(18)17-12-7-10(15)4-5-11(12)16/h3-5,7,9H,1,6,8H2,2H3,(H,17,18). The highest BCUT2D eigenvalue weighted by atomic mass is 35.5. The van der Waals surface area contributed by atoms with E-state index in [1.54, 1.807) is 0 Å². The Kier molecular flexibility index (Phi) is 6.84. The third-order valence-corrected chi connectivity index (χ3v) is 2.58. The fourth-order valence-electron chi connectivity index (χ4n) is 1.31. The van der Waals surface area contributed by atoms with Crippen LogP contribution in [0.5, 0.6) is 0 Å². The van der Waals surface area contributed by atoms with Crippen LogP contribution in [0.25, 0.3) is 0 Å². The molecule has 1 aromatic carbocycles. The molecule has 0 aliphatic heterocycles. The lowest BCUT2D eigenvalue weighted by atomic mass is 10.3. The van der Waals surface area contributed by atoms with Crippen LogP contribution in [0.3, 0.4) is 0 Å². The van der Waals surface area contributed by atoms with Crippen molar-refractivity contribution in [2.75, 3.05) is 18.5 Å². The van der Waals surface area contributed by atoms with Gasteiger partial charge in [0.15, 0.2) is 12.7 Å². The molecule has 0 saturated carbocycles. The van der Waals surface area contributed by atoms with Crippen LogP contribution in [0, 0.1) is 5.82 Å². The van der Waals surface area contributed by atoms with E-state index in [1.165, 1.54) is 25.1 Å². The summed E-state index contributed by atoms with van der Waals surface area (Å²) in [6.07, 6.45) is 0.664. The molecule has 0 bridgehead atoms. The van der Waals surface area contributed by atoms with Crippen LogP contribution >= 0.6 is 11.6 Å². The van der Waals surface area contributed by atoms with Crippen molar-refractivity contribution in [1.82, 2.24) is 0 Å². The van der Waals surface area contributed by atoms with E-state index in [9.17, 15) is 14.0 Å². The first-order valence-electron chi connectivity index (χ1n) is 6.08. The van der Waals surface area contributed by atoms with E-state index in [2.05, 4.69) is 11.9 Å². The summed E-state index contributed by atoms with van der Waals surface area (Å²) < 4.78 is 23.2. The van der Waals surface area contributed by atoms with Gasteiger partial charge in [-0.3, -0.25) is 4.79 Å². The van der Waals surface area contributed by atoms with Crippen molar-refractivity contribution in [1.29, 1.82) is 0 Å². The Labute approximate surface area is 126 Å². The number of carbonyl (C=O) groups excluding carboxylic acids is 2. The van der Waals surface area contributed by atoms with Gasteiger partial charge in [-0.05, 0) is 25.1 Å². The number of halogens is 2. The molecular formula is C14H15ClFNO4. The maximum atomic E-state index is 13.4. The van der Waals surface area contributed by atoms with Gasteiger partial charge in [0, 0.05) is 5.02 Å². The molecule has 7 heteroatoms. The molecule has 0 saturated heterocycles. The number of rotatable bonds is 7. The number of ether oxygens (including phenoxy) is 2. The van der Waals surface area contributed by atoms with Crippen LogP contribution in [0.15, 0.2) is 30.9 Å². The van der Waals surface area contributed by atoms with E-state index < -0.39 is 30.4 Å². The van der Waals surface area contributed by atoms with E-state index in [0.717, 1.165) is 6.07 Å². The molecule has 0 radical (unpaired) electrons. The van der Waals surface area contributed by atoms with Crippen molar-refractivity contribution in [3.63, 3.8) is 0 Å². The SMILES string of the molecule is C=CCOC(C)C(=O)OCC(=O)Nc1cc(Cl)ccc1F. The van der Waals surface area contributed by atoms with Gasteiger partial charge in [0.2, 0.25) is 0 Å². The second kappa shape index (κ2) is 8.39. The summed E-state index contributed by atoms with van der Waals surface area (Å²) in [7, 11) is 0. The lowest BCUT2D eigenvalue weighted by Gasteiger charge is -2.11. The van der Waals surface area contributed by atoms with Crippen LogP contribution in [0.2, 0.25) is 5.02 Å². The molecule has 1 amide bonds. The number of benzene rings is 1. The Morgan fingerprint density at radius 2 is 2.24 bits per heavy atom. The van der Waals surface area contributed by atoms with Crippen LogP contribution in [-0.4, -0.2) is 31.2 Å². The van der Waals surface area contributed by atoms with Gasteiger partial charge in [0.25, 0.3) is 5.91 Å². The molecule has 0 heterocycles. The molecule has 1 N–H and O–H groups in total. The normalized spacial score (nSPS) is 11.6. The fraction of sp³-hybridized carbons (Fsp3) is 0.286. The van der Waals surface area contributed by atoms with Gasteiger partial charge in [-0.25, -0.2) is 9.18 Å². The van der Waals surface area contributed by atoms with Crippen LogP contribution in [0.4, 0.5) is 10.1 Å². The quantitative estimate of drug-likeness (QED) is 0.620. The number of hydrogen-bond donors (Lipinski definition) is 1. The van der Waals surface area contributed by atoms with E-state index in [1.807, 2.05) is 0 Å². The molecule has 0 aliphatic carbocycles.